The van der Waals surface area contributed by atoms with Crippen molar-refractivity contribution < 1.29 is 9.90 Å². The lowest BCUT2D eigenvalue weighted by Gasteiger charge is -2.30. The van der Waals surface area contributed by atoms with Crippen LogP contribution in [0.3, 0.4) is 0 Å². The molecule has 2 aromatic carbocycles. The van der Waals surface area contributed by atoms with Crippen LogP contribution >= 0.6 is 0 Å². The quantitative estimate of drug-likeness (QED) is 0.558. The minimum atomic E-state index is -0.659. The second-order valence-corrected chi connectivity index (χ2v) is 8.63. The third kappa shape index (κ3) is 5.51. The molecule has 6 nitrogen and oxygen atoms in total. The van der Waals surface area contributed by atoms with Gasteiger partial charge in [0.15, 0.2) is 0 Å². The van der Waals surface area contributed by atoms with E-state index in [9.17, 15) is 4.79 Å². The Morgan fingerprint density at radius 1 is 1.03 bits per heavy atom. The zero-order valence-electron chi connectivity index (χ0n) is 18.7. The summed E-state index contributed by atoms with van der Waals surface area (Å²) in [5, 5.41) is 12.5. The summed E-state index contributed by atoms with van der Waals surface area (Å²) in [6, 6.07) is 14.7. The number of carbonyl (C=O) groups is 1. The molecule has 3 aromatic rings. The first-order chi connectivity index (χ1) is 15.5. The minimum absolute atomic E-state index is 0.182. The highest BCUT2D eigenvalue weighted by atomic mass is 16.4. The molecule has 0 radical (unpaired) electrons. The largest absolute Gasteiger partial charge is 0.481 e. The Bertz CT molecular complexity index is 1060. The van der Waals surface area contributed by atoms with E-state index in [1.54, 1.807) is 0 Å². The average molecular weight is 431 g/mol. The fourth-order valence-corrected chi connectivity index (χ4v) is 4.12. The van der Waals surface area contributed by atoms with Crippen LogP contribution in [0, 0.1) is 19.8 Å². The van der Waals surface area contributed by atoms with Gasteiger partial charge in [-0.1, -0.05) is 35.9 Å². The molecule has 1 aromatic heterocycles. The molecule has 0 atom stereocenters. The van der Waals surface area contributed by atoms with E-state index < -0.39 is 5.97 Å². The van der Waals surface area contributed by atoms with Crippen molar-refractivity contribution >= 4 is 17.6 Å². The van der Waals surface area contributed by atoms with Gasteiger partial charge in [0, 0.05) is 30.2 Å². The Labute approximate surface area is 189 Å². The molecule has 0 amide bonds. The normalized spacial score (nSPS) is 14.9. The third-order valence-electron chi connectivity index (χ3n) is 6.28. The van der Waals surface area contributed by atoms with Gasteiger partial charge in [-0.15, -0.1) is 0 Å². The summed E-state index contributed by atoms with van der Waals surface area (Å²) >= 11 is 0. The number of carboxylic acid groups (broad SMARTS) is 1. The monoisotopic (exact) mass is 430 g/mol. The molecule has 4 rings (SSSR count). The Balaban J connectivity index is 1.36. The third-order valence-corrected chi connectivity index (χ3v) is 6.28. The second-order valence-electron chi connectivity index (χ2n) is 8.63. The predicted octanol–water partition coefficient (Wildman–Crippen LogP) is 4.84. The van der Waals surface area contributed by atoms with Crippen molar-refractivity contribution in [1.82, 2.24) is 14.9 Å². The van der Waals surface area contributed by atoms with Gasteiger partial charge >= 0.3 is 5.97 Å². The number of nitrogens with zero attached hydrogens (tertiary/aromatic N) is 3. The topological polar surface area (TPSA) is 78.4 Å². The predicted molar refractivity (Wildman–Crippen MR) is 127 cm³/mol. The summed E-state index contributed by atoms with van der Waals surface area (Å²) in [6.07, 6.45) is 6.11. The summed E-state index contributed by atoms with van der Waals surface area (Å²) < 4.78 is 0. The molecule has 1 saturated heterocycles. The summed E-state index contributed by atoms with van der Waals surface area (Å²) in [4.78, 5) is 22.5. The molecule has 0 spiro atoms. The van der Waals surface area contributed by atoms with E-state index in [1.165, 1.54) is 16.7 Å². The molecule has 1 fully saturated rings. The van der Waals surface area contributed by atoms with E-state index in [0.29, 0.717) is 5.95 Å². The highest BCUT2D eigenvalue weighted by molar-refractivity contribution is 5.70. The molecule has 0 saturated carbocycles. The molecule has 0 bridgehead atoms. The van der Waals surface area contributed by atoms with E-state index in [4.69, 9.17) is 5.11 Å². The summed E-state index contributed by atoms with van der Waals surface area (Å²) in [7, 11) is 0. The van der Waals surface area contributed by atoms with Crippen LogP contribution in [0.5, 0.6) is 0 Å². The Morgan fingerprint density at radius 3 is 2.38 bits per heavy atom. The molecule has 1 aliphatic heterocycles. The Kier molecular flexibility index (Phi) is 6.81. The number of nitrogens with one attached hydrogen (secondary N) is 1. The number of aryl methyl sites for hydroxylation is 2. The Morgan fingerprint density at radius 2 is 1.72 bits per heavy atom. The maximum Gasteiger partial charge on any atom is 0.306 e. The molecule has 32 heavy (non-hydrogen) atoms. The van der Waals surface area contributed by atoms with Crippen LogP contribution in [0.1, 0.15) is 29.5 Å². The van der Waals surface area contributed by atoms with E-state index in [2.05, 4.69) is 76.5 Å². The molecule has 2 N–H and O–H groups in total. The lowest BCUT2D eigenvalue weighted by molar-refractivity contribution is -0.143. The minimum Gasteiger partial charge on any atom is -0.481 e. The number of carboxylic acids is 1. The summed E-state index contributed by atoms with van der Waals surface area (Å²) in [5.41, 5.74) is 6.84. The van der Waals surface area contributed by atoms with Crippen molar-refractivity contribution in [3.05, 3.63) is 71.5 Å². The number of rotatable bonds is 7. The van der Waals surface area contributed by atoms with E-state index in [0.717, 1.165) is 55.7 Å². The van der Waals surface area contributed by atoms with Crippen molar-refractivity contribution in [2.75, 3.05) is 25.0 Å². The van der Waals surface area contributed by atoms with Gasteiger partial charge in [-0.25, -0.2) is 9.97 Å². The van der Waals surface area contributed by atoms with Gasteiger partial charge in [-0.2, -0.15) is 0 Å². The van der Waals surface area contributed by atoms with Gasteiger partial charge in [0.05, 0.1) is 5.92 Å². The highest BCUT2D eigenvalue weighted by Crippen LogP contribution is 2.23. The fourth-order valence-electron chi connectivity index (χ4n) is 4.12. The molecule has 0 unspecified atom stereocenters. The second kappa shape index (κ2) is 9.92. The highest BCUT2D eigenvalue weighted by Gasteiger charge is 2.24. The van der Waals surface area contributed by atoms with Gasteiger partial charge in [-0.05, 0) is 75.0 Å². The van der Waals surface area contributed by atoms with Gasteiger partial charge in [0.1, 0.15) is 0 Å². The summed E-state index contributed by atoms with van der Waals surface area (Å²) in [5.74, 6) is -0.266. The lowest BCUT2D eigenvalue weighted by atomic mass is 9.96. The zero-order chi connectivity index (χ0) is 22.5. The van der Waals surface area contributed by atoms with Crippen molar-refractivity contribution in [1.29, 1.82) is 0 Å². The first-order valence-corrected chi connectivity index (χ1v) is 11.2. The van der Waals surface area contributed by atoms with Crippen LogP contribution < -0.4 is 5.32 Å². The molecule has 2 heterocycles. The van der Waals surface area contributed by atoms with Gasteiger partial charge in [0.2, 0.25) is 5.95 Å². The van der Waals surface area contributed by atoms with Crippen LogP contribution in [0.25, 0.3) is 11.1 Å². The van der Waals surface area contributed by atoms with Crippen molar-refractivity contribution in [2.24, 2.45) is 5.92 Å². The van der Waals surface area contributed by atoms with E-state index >= 15 is 0 Å². The number of likely N-dealkylation sites (tertiary alicyclic amines) is 1. The van der Waals surface area contributed by atoms with Crippen LogP contribution in [0.15, 0.2) is 54.9 Å². The number of anilines is 2. The molecule has 0 aliphatic carbocycles. The van der Waals surface area contributed by atoms with Crippen molar-refractivity contribution in [3.63, 3.8) is 0 Å². The molecule has 166 valence electrons. The number of aromatic nitrogens is 2. The van der Waals surface area contributed by atoms with Crippen LogP contribution in [-0.2, 0) is 11.2 Å². The van der Waals surface area contributed by atoms with Gasteiger partial charge in [0.25, 0.3) is 0 Å². The number of hydrogen-bond acceptors (Lipinski definition) is 5. The van der Waals surface area contributed by atoms with Crippen LogP contribution in [0.2, 0.25) is 0 Å². The first kappa shape index (κ1) is 22.0. The fraction of sp³-hybridized carbons (Fsp3) is 0.346. The van der Waals surface area contributed by atoms with Crippen LogP contribution in [-0.4, -0.2) is 45.6 Å². The number of hydrogen-bond donors (Lipinski definition) is 2. The maximum atomic E-state index is 11.1. The van der Waals surface area contributed by atoms with Crippen LogP contribution in [0.4, 0.5) is 11.6 Å². The Hall–Kier alpha value is -3.25. The standard InChI is InChI=1S/C26H30N4O2/c1-18-3-6-20(7-4-18)23-16-27-26(28-17-23)29-24-8-5-19(2)22(15-24)11-14-30-12-9-21(10-13-30)25(31)32/h3-8,15-17,21H,9-14H2,1-2H3,(H,31,32)(H,27,28,29). The van der Waals surface area contributed by atoms with Gasteiger partial charge in [-0.3, -0.25) is 4.79 Å². The summed E-state index contributed by atoms with van der Waals surface area (Å²) in [6.45, 7) is 6.86. The SMILES string of the molecule is Cc1ccc(-c2cnc(Nc3ccc(C)c(CCN4CCC(C(=O)O)CC4)c3)nc2)cc1. The molecular weight excluding hydrogens is 400 g/mol. The smallest absolute Gasteiger partial charge is 0.306 e. The average Bonchev–Trinajstić information content (AvgIpc) is 2.81. The van der Waals surface area contributed by atoms with Gasteiger partial charge < -0.3 is 15.3 Å². The first-order valence-electron chi connectivity index (χ1n) is 11.2. The van der Waals surface area contributed by atoms with Crippen molar-refractivity contribution in [3.8, 4) is 11.1 Å². The lowest BCUT2D eigenvalue weighted by Crippen LogP contribution is -2.37. The number of benzene rings is 2. The molecular formula is C26H30N4O2. The zero-order valence-corrected chi connectivity index (χ0v) is 18.7. The van der Waals surface area contributed by atoms with Crippen molar-refractivity contribution in [2.45, 2.75) is 33.1 Å². The molecule has 1 aliphatic rings. The van der Waals surface area contributed by atoms with E-state index in [-0.39, 0.29) is 5.92 Å². The molecule has 6 heteroatoms. The number of aliphatic carboxylic acids is 1. The number of piperidine rings is 1. The maximum absolute atomic E-state index is 11.1. The van der Waals surface area contributed by atoms with E-state index in [1.807, 2.05) is 12.4 Å².